The first-order valence-corrected chi connectivity index (χ1v) is 8.56. The fourth-order valence-corrected chi connectivity index (χ4v) is 3.17. The number of hydrogen-bond donors (Lipinski definition) is 1. The van der Waals surface area contributed by atoms with Gasteiger partial charge >= 0.3 is 0 Å². The molecule has 0 fully saturated rings. The summed E-state index contributed by atoms with van der Waals surface area (Å²) in [5, 5.41) is 14.9. The molecule has 2 aromatic rings. The highest BCUT2D eigenvalue weighted by atomic mass is 80.0. The molecule has 1 N–H and O–H groups in total. The first kappa shape index (κ1) is 16.0. The van der Waals surface area contributed by atoms with Gasteiger partial charge < -0.3 is 5.11 Å². The van der Waals surface area contributed by atoms with E-state index in [4.69, 9.17) is 0 Å². The topological polar surface area (TPSA) is 38.1 Å². The van der Waals surface area contributed by atoms with E-state index in [1.54, 1.807) is 0 Å². The standard InChI is InChI=1S/C14H15Br3N2O/c1-8(2)19-9(3)13(20)12(18-19)10-6-4-5-7-11(10)14(15,16)17/h4-8,20H,1-3H3. The molecular formula is C14H15Br3N2O. The predicted molar refractivity (Wildman–Crippen MR) is 92.9 cm³/mol. The van der Waals surface area contributed by atoms with E-state index in [-0.39, 0.29) is 11.8 Å². The minimum atomic E-state index is -0.550. The Kier molecular flexibility index (Phi) is 4.66. The second-order valence-electron chi connectivity index (χ2n) is 4.86. The average molecular weight is 467 g/mol. The number of benzene rings is 1. The first-order chi connectivity index (χ1) is 9.23. The van der Waals surface area contributed by atoms with Crippen molar-refractivity contribution in [3.05, 3.63) is 35.5 Å². The molecule has 0 aliphatic carbocycles. The summed E-state index contributed by atoms with van der Waals surface area (Å²) in [7, 11) is 0. The maximum absolute atomic E-state index is 10.4. The van der Waals surface area contributed by atoms with E-state index < -0.39 is 2.14 Å². The zero-order valence-electron chi connectivity index (χ0n) is 11.4. The summed E-state index contributed by atoms with van der Waals surface area (Å²) < 4.78 is 1.28. The molecule has 0 aliphatic rings. The van der Waals surface area contributed by atoms with Crippen LogP contribution < -0.4 is 0 Å². The Morgan fingerprint density at radius 2 is 1.80 bits per heavy atom. The molecule has 0 saturated heterocycles. The molecule has 3 nitrogen and oxygen atoms in total. The fourth-order valence-electron chi connectivity index (χ4n) is 2.13. The molecule has 2 rings (SSSR count). The van der Waals surface area contributed by atoms with Crippen molar-refractivity contribution < 1.29 is 5.11 Å². The van der Waals surface area contributed by atoms with Gasteiger partial charge in [0.05, 0.1) is 5.69 Å². The van der Waals surface area contributed by atoms with Crippen LogP contribution in [0, 0.1) is 6.92 Å². The summed E-state index contributed by atoms with van der Waals surface area (Å²) in [6, 6.07) is 7.99. The molecule has 20 heavy (non-hydrogen) atoms. The van der Waals surface area contributed by atoms with E-state index in [0.29, 0.717) is 5.69 Å². The molecule has 0 amide bonds. The highest BCUT2D eigenvalue weighted by molar-refractivity contribution is 9.38. The van der Waals surface area contributed by atoms with Crippen molar-refractivity contribution in [2.45, 2.75) is 29.0 Å². The Morgan fingerprint density at radius 1 is 1.20 bits per heavy atom. The lowest BCUT2D eigenvalue weighted by Crippen LogP contribution is -2.05. The molecule has 1 aromatic heterocycles. The average Bonchev–Trinajstić information content (AvgIpc) is 2.65. The van der Waals surface area contributed by atoms with Gasteiger partial charge in [0.15, 0.2) is 7.89 Å². The second kappa shape index (κ2) is 5.81. The van der Waals surface area contributed by atoms with Gasteiger partial charge in [0.25, 0.3) is 0 Å². The number of halogens is 3. The maximum atomic E-state index is 10.4. The van der Waals surface area contributed by atoms with Crippen LogP contribution in [0.2, 0.25) is 0 Å². The highest BCUT2D eigenvalue weighted by Gasteiger charge is 2.27. The smallest absolute Gasteiger partial charge is 0.164 e. The summed E-state index contributed by atoms with van der Waals surface area (Å²) in [6.07, 6.45) is 0. The van der Waals surface area contributed by atoms with E-state index >= 15 is 0 Å². The summed E-state index contributed by atoms with van der Waals surface area (Å²) in [4.78, 5) is 0. The number of rotatable bonds is 2. The van der Waals surface area contributed by atoms with Crippen molar-refractivity contribution in [2.75, 3.05) is 0 Å². The second-order valence-corrected chi connectivity index (χ2v) is 11.6. The van der Waals surface area contributed by atoms with Gasteiger partial charge in [-0.3, -0.25) is 4.68 Å². The molecule has 1 heterocycles. The van der Waals surface area contributed by atoms with Crippen molar-refractivity contribution in [2.24, 2.45) is 0 Å². The van der Waals surface area contributed by atoms with Gasteiger partial charge in [0, 0.05) is 11.6 Å². The lowest BCUT2D eigenvalue weighted by atomic mass is 10.1. The van der Waals surface area contributed by atoms with Gasteiger partial charge in [0.1, 0.15) is 5.69 Å². The molecule has 0 unspecified atom stereocenters. The monoisotopic (exact) mass is 464 g/mol. The highest BCUT2D eigenvalue weighted by Crippen LogP contribution is 2.49. The van der Waals surface area contributed by atoms with Gasteiger partial charge in [-0.25, -0.2) is 0 Å². The lowest BCUT2D eigenvalue weighted by Gasteiger charge is -2.16. The summed E-state index contributed by atoms with van der Waals surface area (Å²) in [6.45, 7) is 5.95. The summed E-state index contributed by atoms with van der Waals surface area (Å²) in [5.74, 6) is 0.225. The molecular weight excluding hydrogens is 452 g/mol. The van der Waals surface area contributed by atoms with E-state index in [1.807, 2.05) is 49.7 Å². The Hall–Kier alpha value is -0.330. The molecule has 0 radical (unpaired) electrons. The van der Waals surface area contributed by atoms with Gasteiger partial charge in [0.2, 0.25) is 0 Å². The third-order valence-corrected chi connectivity index (χ3v) is 4.38. The normalized spacial score (nSPS) is 12.2. The Labute approximate surface area is 143 Å². The predicted octanol–water partition coefficient (Wildman–Crippen LogP) is 5.44. The van der Waals surface area contributed by atoms with Crippen LogP contribution in [0.5, 0.6) is 5.75 Å². The van der Waals surface area contributed by atoms with Crippen LogP contribution in [0.3, 0.4) is 0 Å². The van der Waals surface area contributed by atoms with Crippen molar-refractivity contribution in [3.8, 4) is 17.0 Å². The third kappa shape index (κ3) is 2.97. The minimum absolute atomic E-state index is 0.198. The van der Waals surface area contributed by atoms with Crippen molar-refractivity contribution in [3.63, 3.8) is 0 Å². The van der Waals surface area contributed by atoms with Crippen LogP contribution in [0.1, 0.15) is 31.1 Å². The van der Waals surface area contributed by atoms with E-state index in [9.17, 15) is 5.11 Å². The number of nitrogens with zero attached hydrogens (tertiary/aromatic N) is 2. The van der Waals surface area contributed by atoms with Crippen LogP contribution in [-0.2, 0) is 2.14 Å². The Bertz CT molecular complexity index is 630. The molecule has 6 heteroatoms. The van der Waals surface area contributed by atoms with Crippen LogP contribution in [0.25, 0.3) is 11.3 Å². The van der Waals surface area contributed by atoms with Crippen LogP contribution >= 0.6 is 47.8 Å². The maximum Gasteiger partial charge on any atom is 0.164 e. The van der Waals surface area contributed by atoms with Crippen LogP contribution in [0.4, 0.5) is 0 Å². The van der Waals surface area contributed by atoms with E-state index in [0.717, 1.165) is 16.8 Å². The molecule has 0 atom stereocenters. The SMILES string of the molecule is Cc1c(O)c(-c2ccccc2C(Br)(Br)Br)nn1C(C)C. The number of aromatic nitrogens is 2. The third-order valence-electron chi connectivity index (χ3n) is 3.10. The van der Waals surface area contributed by atoms with Gasteiger partial charge in [-0.1, -0.05) is 72.1 Å². The first-order valence-electron chi connectivity index (χ1n) is 6.18. The van der Waals surface area contributed by atoms with Gasteiger partial charge in [-0.05, 0) is 26.3 Å². The minimum Gasteiger partial charge on any atom is -0.504 e. The van der Waals surface area contributed by atoms with Gasteiger partial charge in [-0.15, -0.1) is 0 Å². The Balaban J connectivity index is 2.67. The molecule has 1 aromatic carbocycles. The molecule has 108 valence electrons. The van der Waals surface area contributed by atoms with Crippen LogP contribution in [-0.4, -0.2) is 14.9 Å². The quantitative estimate of drug-likeness (QED) is 0.598. The zero-order valence-corrected chi connectivity index (χ0v) is 16.1. The fraction of sp³-hybridized carbons (Fsp3) is 0.357. The summed E-state index contributed by atoms with van der Waals surface area (Å²) in [5.41, 5.74) is 3.19. The van der Waals surface area contributed by atoms with Crippen molar-refractivity contribution >= 4 is 47.8 Å². The van der Waals surface area contributed by atoms with Gasteiger partial charge in [-0.2, -0.15) is 5.10 Å². The number of aromatic hydroxyl groups is 1. The molecule has 0 saturated carbocycles. The molecule has 0 aliphatic heterocycles. The molecule has 0 spiro atoms. The lowest BCUT2D eigenvalue weighted by molar-refractivity contribution is 0.461. The van der Waals surface area contributed by atoms with Crippen molar-refractivity contribution in [1.29, 1.82) is 0 Å². The molecule has 0 bridgehead atoms. The zero-order chi connectivity index (χ0) is 15.1. The largest absolute Gasteiger partial charge is 0.504 e. The van der Waals surface area contributed by atoms with Crippen molar-refractivity contribution in [1.82, 2.24) is 9.78 Å². The number of hydrogen-bond acceptors (Lipinski definition) is 2. The Morgan fingerprint density at radius 3 is 2.30 bits per heavy atom. The van der Waals surface area contributed by atoms with E-state index in [2.05, 4.69) is 52.9 Å². The number of alkyl halides is 3. The van der Waals surface area contributed by atoms with Crippen LogP contribution in [0.15, 0.2) is 24.3 Å². The van der Waals surface area contributed by atoms with E-state index in [1.165, 1.54) is 0 Å². The summed E-state index contributed by atoms with van der Waals surface area (Å²) >= 11 is 10.6.